The number of ether oxygens (including phenoxy) is 1. The number of carboxylic acid groups (broad SMARTS) is 2. The second kappa shape index (κ2) is 16.6. The number of carbonyl (C=O) groups excluding carboxylic acids is 2. The van der Waals surface area contributed by atoms with Gasteiger partial charge in [0.05, 0.1) is 12.1 Å². The number of aryl methyl sites for hydroxylation is 1. The Morgan fingerprint density at radius 1 is 0.938 bits per heavy atom. The normalized spacial score (nSPS) is 13.9. The number of rotatable bonds is 7. The number of aromatic amines is 1. The van der Waals surface area contributed by atoms with Crippen molar-refractivity contribution in [3.05, 3.63) is 65.5 Å². The van der Waals surface area contributed by atoms with Gasteiger partial charge in [0.1, 0.15) is 12.4 Å². The van der Waals surface area contributed by atoms with Crippen LogP contribution in [0.3, 0.4) is 0 Å². The third kappa shape index (κ3) is 11.9. The molecule has 0 saturated carbocycles. The fourth-order valence-electron chi connectivity index (χ4n) is 3.99. The summed E-state index contributed by atoms with van der Waals surface area (Å²) in [5, 5.41) is 24.2. The van der Waals surface area contributed by atoms with Crippen molar-refractivity contribution in [2.24, 2.45) is 5.92 Å². The van der Waals surface area contributed by atoms with Crippen LogP contribution < -0.4 is 10.1 Å². The summed E-state index contributed by atoms with van der Waals surface area (Å²) in [7, 11) is 5.76. The van der Waals surface area contributed by atoms with Gasteiger partial charge in [0.15, 0.2) is 0 Å². The van der Waals surface area contributed by atoms with Crippen LogP contribution in [0.5, 0.6) is 5.75 Å². The fourth-order valence-corrected chi connectivity index (χ4v) is 3.99. The number of halogens is 6. The first-order valence-electron chi connectivity index (χ1n) is 13.9. The van der Waals surface area contributed by atoms with E-state index in [9.17, 15) is 35.9 Å². The summed E-state index contributed by atoms with van der Waals surface area (Å²) in [6.07, 6.45) is -7.85. The summed E-state index contributed by atoms with van der Waals surface area (Å²) >= 11 is 0. The summed E-state index contributed by atoms with van der Waals surface area (Å²) in [5.41, 5.74) is 5.28. The lowest BCUT2D eigenvalue weighted by Gasteiger charge is -2.26. The Morgan fingerprint density at radius 3 is 1.98 bits per heavy atom. The predicted molar refractivity (Wildman–Crippen MR) is 159 cm³/mol. The molecule has 3 aromatic rings. The van der Waals surface area contributed by atoms with Crippen LogP contribution in [0.25, 0.3) is 11.1 Å². The number of benzene rings is 2. The van der Waals surface area contributed by atoms with E-state index in [0.29, 0.717) is 25.1 Å². The summed E-state index contributed by atoms with van der Waals surface area (Å²) in [5.74, 6) is -5.25. The van der Waals surface area contributed by atoms with E-state index in [2.05, 4.69) is 15.5 Å². The first-order valence-corrected chi connectivity index (χ1v) is 13.9. The predicted octanol–water partition coefficient (Wildman–Crippen LogP) is 4.48. The van der Waals surface area contributed by atoms with E-state index in [0.717, 1.165) is 40.4 Å². The molecular formula is C30H33F6N5O7. The van der Waals surface area contributed by atoms with E-state index in [4.69, 9.17) is 24.5 Å². The van der Waals surface area contributed by atoms with Crippen molar-refractivity contribution in [3.8, 4) is 16.9 Å². The maximum absolute atomic E-state index is 12.9. The molecule has 1 aliphatic heterocycles. The molecule has 0 fully saturated rings. The zero-order valence-corrected chi connectivity index (χ0v) is 26.1. The fraction of sp³-hybridized carbons (Fsp3) is 0.367. The average Bonchev–Trinajstić information content (AvgIpc) is 3.44. The molecule has 0 spiro atoms. The minimum Gasteiger partial charge on any atom is -0.492 e. The third-order valence-electron chi connectivity index (χ3n) is 6.59. The molecule has 1 aliphatic rings. The third-order valence-corrected chi connectivity index (χ3v) is 6.59. The summed E-state index contributed by atoms with van der Waals surface area (Å²) in [6.45, 7) is 3.71. The number of aliphatic carboxylic acids is 2. The van der Waals surface area contributed by atoms with Crippen molar-refractivity contribution in [2.75, 3.05) is 46.2 Å². The molecular weight excluding hydrogens is 656 g/mol. The van der Waals surface area contributed by atoms with Gasteiger partial charge in [0.25, 0.3) is 5.91 Å². The molecule has 2 aromatic carbocycles. The molecule has 4 N–H and O–H groups in total. The number of amides is 2. The van der Waals surface area contributed by atoms with Crippen LogP contribution in [0.4, 0.5) is 32.0 Å². The quantitative estimate of drug-likeness (QED) is 0.262. The van der Waals surface area contributed by atoms with Gasteiger partial charge in [-0.15, -0.1) is 0 Å². The lowest BCUT2D eigenvalue weighted by atomic mass is 9.94. The Morgan fingerprint density at radius 2 is 1.50 bits per heavy atom. The van der Waals surface area contributed by atoms with E-state index < -0.39 is 24.3 Å². The summed E-state index contributed by atoms with van der Waals surface area (Å²) < 4.78 is 69.3. The topological polar surface area (TPSA) is 165 Å². The van der Waals surface area contributed by atoms with E-state index in [1.54, 1.807) is 24.2 Å². The molecule has 48 heavy (non-hydrogen) atoms. The highest BCUT2D eigenvalue weighted by Crippen LogP contribution is 2.30. The van der Waals surface area contributed by atoms with Gasteiger partial charge in [-0.05, 0) is 68.9 Å². The Balaban J connectivity index is 0.000000479. The van der Waals surface area contributed by atoms with Crippen LogP contribution in [0.2, 0.25) is 0 Å². The van der Waals surface area contributed by atoms with E-state index in [1.807, 2.05) is 62.3 Å². The van der Waals surface area contributed by atoms with E-state index >= 15 is 0 Å². The maximum Gasteiger partial charge on any atom is 0.490 e. The molecule has 0 aliphatic carbocycles. The number of hydrogen-bond donors (Lipinski definition) is 4. The van der Waals surface area contributed by atoms with Gasteiger partial charge in [-0.25, -0.2) is 9.59 Å². The smallest absolute Gasteiger partial charge is 0.490 e. The van der Waals surface area contributed by atoms with Gasteiger partial charge in [-0.2, -0.15) is 31.4 Å². The first-order chi connectivity index (χ1) is 22.2. The van der Waals surface area contributed by atoms with Crippen molar-refractivity contribution in [3.63, 3.8) is 0 Å². The number of alkyl halides is 6. The minimum absolute atomic E-state index is 0.0378. The number of carboxylic acids is 2. The number of nitrogens with zero attached hydrogens (tertiary/aromatic N) is 3. The van der Waals surface area contributed by atoms with Crippen molar-refractivity contribution in [1.82, 2.24) is 20.0 Å². The number of likely N-dealkylation sites (N-methyl/N-ethyl adjacent to an activating group) is 2. The van der Waals surface area contributed by atoms with Gasteiger partial charge in [0.2, 0.25) is 5.91 Å². The molecule has 1 atom stereocenters. The van der Waals surface area contributed by atoms with Crippen LogP contribution in [-0.4, -0.2) is 107 Å². The molecule has 0 bridgehead atoms. The van der Waals surface area contributed by atoms with Crippen LogP contribution in [0, 0.1) is 12.8 Å². The van der Waals surface area contributed by atoms with Gasteiger partial charge >= 0.3 is 24.3 Å². The largest absolute Gasteiger partial charge is 0.492 e. The Labute approximate surface area is 270 Å². The van der Waals surface area contributed by atoms with Gasteiger partial charge < -0.3 is 30.1 Å². The Hall–Kier alpha value is -5.13. The molecule has 4 rings (SSSR count). The van der Waals surface area contributed by atoms with Crippen LogP contribution in [0.15, 0.2) is 48.7 Å². The van der Waals surface area contributed by atoms with Crippen LogP contribution in [0.1, 0.15) is 21.6 Å². The molecule has 2 heterocycles. The molecule has 0 radical (unpaired) electrons. The molecule has 1 aromatic heterocycles. The summed E-state index contributed by atoms with van der Waals surface area (Å²) in [6, 6.07) is 13.2. The van der Waals surface area contributed by atoms with Crippen molar-refractivity contribution in [2.45, 2.75) is 25.7 Å². The Bertz CT molecular complexity index is 1550. The monoisotopic (exact) mass is 689 g/mol. The number of anilines is 1. The number of carbonyl (C=O) groups is 4. The number of aromatic nitrogens is 2. The van der Waals surface area contributed by atoms with Crippen molar-refractivity contribution >= 4 is 29.4 Å². The highest BCUT2D eigenvalue weighted by Gasteiger charge is 2.39. The molecule has 18 heteroatoms. The number of H-pyrrole nitrogens is 1. The second-order valence-corrected chi connectivity index (χ2v) is 10.6. The highest BCUT2D eigenvalue weighted by molar-refractivity contribution is 5.95. The van der Waals surface area contributed by atoms with Gasteiger partial charge in [-0.1, -0.05) is 12.1 Å². The molecule has 12 nitrogen and oxygen atoms in total. The van der Waals surface area contributed by atoms with Crippen LogP contribution in [-0.2, 0) is 20.8 Å². The van der Waals surface area contributed by atoms with Crippen molar-refractivity contribution < 1.29 is 60.5 Å². The molecule has 1 unspecified atom stereocenters. The maximum atomic E-state index is 12.9. The molecule has 2 amide bonds. The van der Waals surface area contributed by atoms with Gasteiger partial charge in [0, 0.05) is 42.6 Å². The zero-order chi connectivity index (χ0) is 36.4. The SMILES string of the molecule is Cc1[nH]ncc1-c1ccc(NC(=O)C2COc3ccc(C(=O)N(C)CCN(C)C)cc3C2)cc1.O=C(O)C(F)(F)F.O=C(O)C(F)(F)F. The zero-order valence-electron chi connectivity index (χ0n) is 26.1. The number of hydrogen-bond acceptors (Lipinski definition) is 7. The number of nitrogens with one attached hydrogen (secondary N) is 2. The van der Waals surface area contributed by atoms with Crippen LogP contribution >= 0.6 is 0 Å². The van der Waals surface area contributed by atoms with Gasteiger partial charge in [-0.3, -0.25) is 14.7 Å². The molecule has 0 saturated heterocycles. The minimum atomic E-state index is -5.08. The molecule has 262 valence electrons. The number of fused-ring (bicyclic) bond motifs is 1. The second-order valence-electron chi connectivity index (χ2n) is 10.6. The average molecular weight is 690 g/mol. The van der Waals surface area contributed by atoms with Crippen molar-refractivity contribution in [1.29, 1.82) is 0 Å². The van der Waals surface area contributed by atoms with E-state index in [1.165, 1.54) is 0 Å². The standard InChI is InChI=1S/C26H31N5O3.2C2HF3O2/c1-17-23(15-27-29-17)18-5-8-22(9-6-18)28-25(32)21-14-20-13-19(7-10-24(20)34-16-21)26(33)31(4)12-11-30(2)3;2*3-2(4,5)1(6)7/h5-10,13,15,21H,11-12,14,16H2,1-4H3,(H,27,29)(H,28,32);2*(H,6,7). The Kier molecular flexibility index (Phi) is 13.5. The lowest BCUT2D eigenvalue weighted by molar-refractivity contribution is -0.193. The summed E-state index contributed by atoms with van der Waals surface area (Å²) in [4.78, 5) is 47.3. The lowest BCUT2D eigenvalue weighted by Crippen LogP contribution is -2.34. The highest BCUT2D eigenvalue weighted by atomic mass is 19.4. The van der Waals surface area contributed by atoms with E-state index in [-0.39, 0.29) is 17.7 Å². The first kappa shape index (κ1) is 39.1.